The summed E-state index contributed by atoms with van der Waals surface area (Å²) in [7, 11) is 0. The van der Waals surface area contributed by atoms with E-state index in [-0.39, 0.29) is 5.56 Å². The van der Waals surface area contributed by atoms with Gasteiger partial charge >= 0.3 is 0 Å². The van der Waals surface area contributed by atoms with Crippen LogP contribution in [0.25, 0.3) is 34.2 Å². The van der Waals surface area contributed by atoms with Crippen molar-refractivity contribution in [2.45, 2.75) is 0 Å². The van der Waals surface area contributed by atoms with Crippen LogP contribution in [0.4, 0.5) is 0 Å². The lowest BCUT2D eigenvalue weighted by Crippen LogP contribution is -2.16. The van der Waals surface area contributed by atoms with E-state index in [4.69, 9.17) is 0 Å². The van der Waals surface area contributed by atoms with E-state index in [9.17, 15) is 4.79 Å². The Bertz CT molecular complexity index is 1100. The standard InChI is InChI=1S/C18H13N5O/c1-2-22-16(24)9-8-14(20-22)17-15-12-19-10-11-23(15)21-18(17)13-6-4-3-5-7-13/h2-12H,1H2. The molecule has 4 rings (SSSR count). The Morgan fingerprint density at radius 1 is 1.04 bits per heavy atom. The first-order chi connectivity index (χ1) is 11.8. The highest BCUT2D eigenvalue weighted by Gasteiger charge is 2.18. The van der Waals surface area contributed by atoms with Gasteiger partial charge in [0.25, 0.3) is 5.56 Å². The van der Waals surface area contributed by atoms with E-state index in [0.29, 0.717) is 5.69 Å². The summed E-state index contributed by atoms with van der Waals surface area (Å²) in [6, 6.07) is 13.0. The Balaban J connectivity index is 2.07. The highest BCUT2D eigenvalue weighted by Crippen LogP contribution is 2.33. The number of nitrogens with zero attached hydrogens (tertiary/aromatic N) is 5. The number of fused-ring (bicyclic) bond motifs is 1. The Labute approximate surface area is 137 Å². The van der Waals surface area contributed by atoms with Crippen LogP contribution >= 0.6 is 0 Å². The first-order valence-corrected chi connectivity index (χ1v) is 7.38. The second-order valence-electron chi connectivity index (χ2n) is 5.18. The fourth-order valence-corrected chi connectivity index (χ4v) is 2.64. The predicted molar refractivity (Wildman–Crippen MR) is 92.3 cm³/mol. The number of hydrogen-bond acceptors (Lipinski definition) is 4. The minimum absolute atomic E-state index is 0.232. The van der Waals surface area contributed by atoms with Crippen molar-refractivity contribution in [3.63, 3.8) is 0 Å². The molecule has 0 radical (unpaired) electrons. The van der Waals surface area contributed by atoms with Crippen LogP contribution in [0.15, 0.2) is 72.4 Å². The van der Waals surface area contributed by atoms with E-state index in [1.165, 1.54) is 16.9 Å². The first-order valence-electron chi connectivity index (χ1n) is 7.38. The smallest absolute Gasteiger partial charge is 0.267 e. The molecule has 0 spiro atoms. The Hall–Kier alpha value is -3.54. The molecule has 3 aromatic heterocycles. The third-order valence-electron chi connectivity index (χ3n) is 3.74. The zero-order chi connectivity index (χ0) is 16.5. The van der Waals surface area contributed by atoms with E-state index in [1.54, 1.807) is 29.2 Å². The summed E-state index contributed by atoms with van der Waals surface area (Å²) in [4.78, 5) is 16.0. The summed E-state index contributed by atoms with van der Waals surface area (Å²) in [5, 5.41) is 9.04. The lowest BCUT2D eigenvalue weighted by Gasteiger charge is -2.04. The highest BCUT2D eigenvalue weighted by molar-refractivity contribution is 5.90. The van der Waals surface area contributed by atoms with Crippen molar-refractivity contribution in [2.24, 2.45) is 0 Å². The van der Waals surface area contributed by atoms with Crippen LogP contribution < -0.4 is 5.56 Å². The maximum atomic E-state index is 11.8. The minimum atomic E-state index is -0.232. The molecule has 4 aromatic rings. The highest BCUT2D eigenvalue weighted by atomic mass is 16.1. The molecular formula is C18H13N5O. The molecule has 24 heavy (non-hydrogen) atoms. The largest absolute Gasteiger partial charge is 0.270 e. The molecule has 0 bridgehead atoms. The fourth-order valence-electron chi connectivity index (χ4n) is 2.64. The van der Waals surface area contributed by atoms with Gasteiger partial charge in [-0.05, 0) is 6.07 Å². The van der Waals surface area contributed by atoms with Crippen molar-refractivity contribution in [3.05, 3.63) is 78.0 Å². The lowest BCUT2D eigenvalue weighted by atomic mass is 10.0. The predicted octanol–water partition coefficient (Wildman–Crippen LogP) is 2.72. The molecule has 6 heteroatoms. The van der Waals surface area contributed by atoms with Gasteiger partial charge in [0.15, 0.2) is 0 Å². The molecule has 116 valence electrons. The second kappa shape index (κ2) is 5.58. The van der Waals surface area contributed by atoms with Crippen LogP contribution in [0.1, 0.15) is 0 Å². The number of benzene rings is 1. The number of aromatic nitrogens is 5. The van der Waals surface area contributed by atoms with Gasteiger partial charge in [0, 0.05) is 30.2 Å². The summed E-state index contributed by atoms with van der Waals surface area (Å²) >= 11 is 0. The van der Waals surface area contributed by atoms with Crippen LogP contribution in [-0.4, -0.2) is 24.4 Å². The van der Waals surface area contributed by atoms with Gasteiger partial charge in [-0.3, -0.25) is 9.78 Å². The molecule has 0 amide bonds. The van der Waals surface area contributed by atoms with Crippen molar-refractivity contribution >= 4 is 11.7 Å². The van der Waals surface area contributed by atoms with Gasteiger partial charge in [-0.25, -0.2) is 9.20 Å². The van der Waals surface area contributed by atoms with Gasteiger partial charge in [0.2, 0.25) is 0 Å². The van der Waals surface area contributed by atoms with Crippen molar-refractivity contribution < 1.29 is 0 Å². The minimum Gasteiger partial charge on any atom is -0.267 e. The zero-order valence-corrected chi connectivity index (χ0v) is 12.7. The number of rotatable bonds is 3. The van der Waals surface area contributed by atoms with Crippen LogP contribution in [-0.2, 0) is 0 Å². The molecule has 0 atom stereocenters. The molecule has 3 heterocycles. The molecule has 0 saturated carbocycles. The average Bonchev–Trinajstić information content (AvgIpc) is 3.02. The Morgan fingerprint density at radius 2 is 1.88 bits per heavy atom. The van der Waals surface area contributed by atoms with Crippen LogP contribution in [0, 0.1) is 0 Å². The van der Waals surface area contributed by atoms with E-state index in [0.717, 1.165) is 22.3 Å². The van der Waals surface area contributed by atoms with Crippen LogP contribution in [0.2, 0.25) is 0 Å². The normalized spacial score (nSPS) is 10.8. The number of hydrogen-bond donors (Lipinski definition) is 0. The maximum Gasteiger partial charge on any atom is 0.270 e. The Morgan fingerprint density at radius 3 is 2.67 bits per heavy atom. The molecule has 0 N–H and O–H groups in total. The molecule has 0 fully saturated rings. The van der Waals surface area contributed by atoms with Crippen LogP contribution in [0.5, 0.6) is 0 Å². The maximum absolute atomic E-state index is 11.8. The Kier molecular flexibility index (Phi) is 3.28. The summed E-state index contributed by atoms with van der Waals surface area (Å²) in [5.41, 5.74) is 3.80. The van der Waals surface area contributed by atoms with E-state index in [1.807, 2.05) is 30.3 Å². The first kappa shape index (κ1) is 14.1. The molecule has 6 nitrogen and oxygen atoms in total. The van der Waals surface area contributed by atoms with E-state index in [2.05, 4.69) is 21.8 Å². The second-order valence-corrected chi connectivity index (χ2v) is 5.18. The van der Waals surface area contributed by atoms with E-state index >= 15 is 0 Å². The van der Waals surface area contributed by atoms with Crippen LogP contribution in [0.3, 0.4) is 0 Å². The SMILES string of the molecule is C=Cn1nc(-c2c(-c3ccccc3)nn3ccncc23)ccc1=O. The topological polar surface area (TPSA) is 65.1 Å². The summed E-state index contributed by atoms with van der Waals surface area (Å²) < 4.78 is 2.97. The molecular weight excluding hydrogens is 302 g/mol. The zero-order valence-electron chi connectivity index (χ0n) is 12.7. The third-order valence-corrected chi connectivity index (χ3v) is 3.74. The monoisotopic (exact) mass is 315 g/mol. The molecule has 0 aliphatic rings. The van der Waals surface area contributed by atoms with Gasteiger partial charge in [-0.2, -0.15) is 10.2 Å². The van der Waals surface area contributed by atoms with Gasteiger partial charge in [0.05, 0.1) is 23.0 Å². The summed E-state index contributed by atoms with van der Waals surface area (Å²) in [5.74, 6) is 0. The van der Waals surface area contributed by atoms with Gasteiger partial charge in [0.1, 0.15) is 5.69 Å². The van der Waals surface area contributed by atoms with Crippen molar-refractivity contribution in [2.75, 3.05) is 0 Å². The summed E-state index contributed by atoms with van der Waals surface area (Å²) in [6.45, 7) is 3.62. The van der Waals surface area contributed by atoms with E-state index < -0.39 is 0 Å². The molecule has 0 aliphatic heterocycles. The third kappa shape index (κ3) is 2.21. The van der Waals surface area contributed by atoms with Gasteiger partial charge in [-0.1, -0.05) is 36.9 Å². The lowest BCUT2D eigenvalue weighted by molar-refractivity contribution is 0.860. The van der Waals surface area contributed by atoms with Gasteiger partial charge in [-0.15, -0.1) is 0 Å². The molecule has 0 aliphatic carbocycles. The molecule has 0 unspecified atom stereocenters. The molecule has 1 aromatic carbocycles. The fraction of sp³-hybridized carbons (Fsp3) is 0. The van der Waals surface area contributed by atoms with Crippen molar-refractivity contribution in [1.82, 2.24) is 24.4 Å². The quantitative estimate of drug-likeness (QED) is 0.583. The molecule has 0 saturated heterocycles. The van der Waals surface area contributed by atoms with Crippen molar-refractivity contribution in [1.29, 1.82) is 0 Å². The van der Waals surface area contributed by atoms with Crippen molar-refractivity contribution in [3.8, 4) is 22.5 Å². The average molecular weight is 315 g/mol. The summed E-state index contributed by atoms with van der Waals surface area (Å²) in [6.07, 6.45) is 6.59. The van der Waals surface area contributed by atoms with Gasteiger partial charge < -0.3 is 0 Å².